The van der Waals surface area contributed by atoms with Gasteiger partial charge in [-0.15, -0.1) is 10.2 Å². The van der Waals surface area contributed by atoms with Crippen molar-refractivity contribution in [1.82, 2.24) is 25.0 Å². The van der Waals surface area contributed by atoms with E-state index < -0.39 is 12.0 Å². The van der Waals surface area contributed by atoms with Gasteiger partial charge in [-0.1, -0.05) is 13.8 Å². The molecule has 1 aliphatic heterocycles. The number of nitrogens with zero attached hydrogens (tertiary/aromatic N) is 4. The molecule has 1 fully saturated rings. The Hall–Kier alpha value is -1.80. The highest BCUT2D eigenvalue weighted by Gasteiger charge is 2.45. The number of fused-ring (bicyclic) bond motifs is 1. The monoisotopic (exact) mass is 317 g/mol. The zero-order chi connectivity index (χ0) is 16.1. The second kappa shape index (κ2) is 4.85. The van der Waals surface area contributed by atoms with Gasteiger partial charge in [-0.25, -0.2) is 4.79 Å². The maximum Gasteiger partial charge on any atom is 0.451 e. The smallest absolute Gasteiger partial charge is 0.338 e. The molecular weight excluding hydrogens is 299 g/mol. The second-order valence-electron chi connectivity index (χ2n) is 6.59. The third-order valence-corrected chi connectivity index (χ3v) is 4.51. The lowest BCUT2D eigenvalue weighted by Crippen LogP contribution is -2.45. The van der Waals surface area contributed by atoms with E-state index in [2.05, 4.69) is 29.4 Å². The molecule has 1 N–H and O–H groups in total. The summed E-state index contributed by atoms with van der Waals surface area (Å²) >= 11 is 0. The van der Waals surface area contributed by atoms with E-state index in [1.54, 1.807) is 0 Å². The van der Waals surface area contributed by atoms with Crippen molar-refractivity contribution in [1.29, 1.82) is 0 Å². The van der Waals surface area contributed by atoms with Crippen molar-refractivity contribution in [2.75, 3.05) is 13.1 Å². The molecule has 9 heteroatoms. The van der Waals surface area contributed by atoms with E-state index in [1.165, 1.54) is 4.90 Å². The van der Waals surface area contributed by atoms with Gasteiger partial charge in [0.1, 0.15) is 0 Å². The summed E-state index contributed by atoms with van der Waals surface area (Å²) in [6, 6.07) is -0.259. The highest BCUT2D eigenvalue weighted by molar-refractivity contribution is 5.74. The van der Waals surface area contributed by atoms with Crippen LogP contribution in [0.25, 0.3) is 0 Å². The molecule has 22 heavy (non-hydrogen) atoms. The number of rotatable bonds is 2. The Labute approximate surface area is 125 Å². The number of carbonyl (C=O) groups excluding carboxylic acids is 1. The molecule has 0 radical (unpaired) electrons. The van der Waals surface area contributed by atoms with Gasteiger partial charge < -0.3 is 14.8 Å². The van der Waals surface area contributed by atoms with Crippen LogP contribution in [0.2, 0.25) is 0 Å². The predicted octanol–water partition coefficient (Wildman–Crippen LogP) is 1.87. The number of hydrogen-bond acceptors (Lipinski definition) is 3. The lowest BCUT2D eigenvalue weighted by molar-refractivity contribution is -0.147. The number of nitrogens with one attached hydrogen (secondary N) is 1. The molecule has 0 aromatic carbocycles. The van der Waals surface area contributed by atoms with Gasteiger partial charge in [-0.05, 0) is 17.8 Å². The molecule has 0 saturated heterocycles. The van der Waals surface area contributed by atoms with Crippen LogP contribution >= 0.6 is 0 Å². The summed E-state index contributed by atoms with van der Waals surface area (Å²) < 4.78 is 39.2. The average molecular weight is 317 g/mol. The molecule has 1 saturated carbocycles. The Morgan fingerprint density at radius 1 is 1.36 bits per heavy atom. The molecule has 2 amide bonds. The van der Waals surface area contributed by atoms with Crippen molar-refractivity contribution >= 4 is 6.03 Å². The molecule has 1 aliphatic carbocycles. The summed E-state index contributed by atoms with van der Waals surface area (Å²) in [7, 11) is 0. The SMILES string of the molecule is CC1(C)C[C@@H]1CNC(=O)N1CCn2c(nnc2C(F)(F)F)C1. The second-order valence-corrected chi connectivity index (χ2v) is 6.59. The minimum absolute atomic E-state index is 0.0446. The van der Waals surface area contributed by atoms with Gasteiger partial charge in [0, 0.05) is 19.6 Å². The van der Waals surface area contributed by atoms with Gasteiger partial charge in [0.15, 0.2) is 5.82 Å². The van der Waals surface area contributed by atoms with Gasteiger partial charge in [0.2, 0.25) is 5.82 Å². The molecule has 2 heterocycles. The van der Waals surface area contributed by atoms with Gasteiger partial charge in [0.05, 0.1) is 6.54 Å². The fourth-order valence-electron chi connectivity index (χ4n) is 2.79. The summed E-state index contributed by atoms with van der Waals surface area (Å²) in [6.45, 7) is 5.21. The maximum atomic E-state index is 12.7. The number of halogens is 3. The van der Waals surface area contributed by atoms with Gasteiger partial charge in [-0.2, -0.15) is 13.2 Å². The Morgan fingerprint density at radius 2 is 2.05 bits per heavy atom. The summed E-state index contributed by atoms with van der Waals surface area (Å²) in [5, 5.41) is 9.60. The largest absolute Gasteiger partial charge is 0.451 e. The topological polar surface area (TPSA) is 63.1 Å². The van der Waals surface area contributed by atoms with E-state index in [4.69, 9.17) is 0 Å². The lowest BCUT2D eigenvalue weighted by atomic mass is 10.1. The predicted molar refractivity (Wildman–Crippen MR) is 70.7 cm³/mol. The van der Waals surface area contributed by atoms with Crippen molar-refractivity contribution < 1.29 is 18.0 Å². The molecule has 0 bridgehead atoms. The van der Waals surface area contributed by atoms with Crippen molar-refractivity contribution in [3.63, 3.8) is 0 Å². The van der Waals surface area contributed by atoms with Gasteiger partial charge in [0.25, 0.3) is 0 Å². The third-order valence-electron chi connectivity index (χ3n) is 4.51. The van der Waals surface area contributed by atoms with Crippen LogP contribution < -0.4 is 5.32 Å². The Morgan fingerprint density at radius 3 is 2.64 bits per heavy atom. The van der Waals surface area contributed by atoms with Crippen LogP contribution in [0.4, 0.5) is 18.0 Å². The molecule has 0 spiro atoms. The van der Waals surface area contributed by atoms with Crippen LogP contribution in [0, 0.1) is 11.3 Å². The maximum absolute atomic E-state index is 12.7. The number of alkyl halides is 3. The standard InChI is InChI=1S/C13H18F3N5O/c1-12(2)5-8(12)6-17-11(22)20-3-4-21-9(7-20)18-19-10(21)13(14,15)16/h8H,3-7H2,1-2H3,(H,17,22)/t8-/m1/s1. The highest BCUT2D eigenvalue weighted by Crippen LogP contribution is 2.50. The summed E-state index contributed by atoms with van der Waals surface area (Å²) in [6.07, 6.45) is -3.44. The molecule has 2 aliphatic rings. The van der Waals surface area contributed by atoms with Crippen LogP contribution in [0.1, 0.15) is 31.9 Å². The molecule has 6 nitrogen and oxygen atoms in total. The molecule has 122 valence electrons. The Bertz CT molecular complexity index is 595. The lowest BCUT2D eigenvalue weighted by Gasteiger charge is -2.28. The molecule has 1 atom stereocenters. The fourth-order valence-corrected chi connectivity index (χ4v) is 2.79. The highest BCUT2D eigenvalue weighted by atomic mass is 19.4. The molecule has 1 aromatic rings. The number of hydrogen-bond donors (Lipinski definition) is 1. The van der Waals surface area contributed by atoms with Crippen LogP contribution in [0.3, 0.4) is 0 Å². The average Bonchev–Trinajstić information content (AvgIpc) is 2.85. The molecule has 0 unspecified atom stereocenters. The first-order chi connectivity index (χ1) is 10.2. The summed E-state index contributed by atoms with van der Waals surface area (Å²) in [5.74, 6) is -0.357. The normalized spacial score (nSPS) is 23.1. The van der Waals surface area contributed by atoms with Crippen LogP contribution in [-0.2, 0) is 19.3 Å². The van der Waals surface area contributed by atoms with Crippen LogP contribution in [0.5, 0.6) is 0 Å². The minimum Gasteiger partial charge on any atom is -0.338 e. The van der Waals surface area contributed by atoms with Crippen molar-refractivity contribution in [2.45, 2.75) is 39.5 Å². The first-order valence-electron chi connectivity index (χ1n) is 7.20. The zero-order valence-corrected chi connectivity index (χ0v) is 12.4. The van der Waals surface area contributed by atoms with E-state index in [9.17, 15) is 18.0 Å². The van der Waals surface area contributed by atoms with E-state index in [0.29, 0.717) is 12.5 Å². The molecular formula is C13H18F3N5O. The van der Waals surface area contributed by atoms with E-state index in [0.717, 1.165) is 11.0 Å². The number of aromatic nitrogens is 3. The zero-order valence-electron chi connectivity index (χ0n) is 12.4. The minimum atomic E-state index is -4.52. The first-order valence-corrected chi connectivity index (χ1v) is 7.20. The summed E-state index contributed by atoms with van der Waals surface area (Å²) in [4.78, 5) is 13.6. The van der Waals surface area contributed by atoms with Crippen molar-refractivity contribution in [2.24, 2.45) is 11.3 Å². The fraction of sp³-hybridized carbons (Fsp3) is 0.769. The molecule has 3 rings (SSSR count). The first kappa shape index (κ1) is 15.1. The van der Waals surface area contributed by atoms with E-state index >= 15 is 0 Å². The van der Waals surface area contributed by atoms with Crippen molar-refractivity contribution in [3.8, 4) is 0 Å². The van der Waals surface area contributed by atoms with Crippen LogP contribution in [-0.4, -0.2) is 38.8 Å². The third kappa shape index (κ3) is 2.76. The van der Waals surface area contributed by atoms with Gasteiger partial charge in [-0.3, -0.25) is 0 Å². The molecule has 1 aromatic heterocycles. The van der Waals surface area contributed by atoms with Crippen LogP contribution in [0.15, 0.2) is 0 Å². The van der Waals surface area contributed by atoms with E-state index in [1.807, 2.05) is 0 Å². The van der Waals surface area contributed by atoms with Gasteiger partial charge >= 0.3 is 12.2 Å². The summed E-state index contributed by atoms with van der Waals surface area (Å²) in [5.41, 5.74) is 0.275. The van der Waals surface area contributed by atoms with E-state index in [-0.39, 0.29) is 36.9 Å². The quantitative estimate of drug-likeness (QED) is 0.906. The van der Waals surface area contributed by atoms with Crippen molar-refractivity contribution in [3.05, 3.63) is 11.6 Å². The number of urea groups is 1. The Balaban J connectivity index is 1.60. The number of amides is 2. The number of carbonyl (C=O) groups is 1. The Kier molecular flexibility index (Phi) is 3.33.